The number of hydrogen-bond donors (Lipinski definition) is 1. The maximum Gasteiger partial charge on any atom is 0.295 e. The number of benzene rings is 2. The van der Waals surface area contributed by atoms with E-state index in [1.54, 1.807) is 42.5 Å². The third kappa shape index (κ3) is 4.53. The minimum absolute atomic E-state index is 0.0594. The van der Waals surface area contributed by atoms with Crippen LogP contribution in [0.4, 0.5) is 0 Å². The van der Waals surface area contributed by atoms with E-state index in [-0.39, 0.29) is 11.3 Å². The summed E-state index contributed by atoms with van der Waals surface area (Å²) in [7, 11) is 0. The highest BCUT2D eigenvalue weighted by molar-refractivity contribution is 6.46. The van der Waals surface area contributed by atoms with Crippen molar-refractivity contribution in [2.75, 3.05) is 26.2 Å². The van der Waals surface area contributed by atoms with Crippen molar-refractivity contribution < 1.29 is 14.7 Å². The molecule has 1 N–H and O–H groups in total. The smallest absolute Gasteiger partial charge is 0.295 e. The maximum atomic E-state index is 13.0. The van der Waals surface area contributed by atoms with Crippen molar-refractivity contribution in [3.63, 3.8) is 0 Å². The summed E-state index contributed by atoms with van der Waals surface area (Å²) in [5.41, 5.74) is 1.16. The molecule has 7 heteroatoms. The van der Waals surface area contributed by atoms with Crippen LogP contribution in [-0.2, 0) is 9.59 Å². The average molecular weight is 447 g/mol. The Labute approximate surface area is 186 Å². The number of halogens is 2. The van der Waals surface area contributed by atoms with Gasteiger partial charge in [0.2, 0.25) is 0 Å². The third-order valence-corrected chi connectivity index (χ3v) is 5.86. The molecule has 5 nitrogen and oxygen atoms in total. The molecule has 0 radical (unpaired) electrons. The van der Waals surface area contributed by atoms with Crippen molar-refractivity contribution in [3.8, 4) is 0 Å². The zero-order valence-electron chi connectivity index (χ0n) is 16.9. The van der Waals surface area contributed by atoms with Gasteiger partial charge in [-0.15, -0.1) is 0 Å². The van der Waals surface area contributed by atoms with Gasteiger partial charge in [0.05, 0.1) is 11.6 Å². The summed E-state index contributed by atoms with van der Waals surface area (Å²) in [6, 6.07) is 12.8. The number of aliphatic hydroxyl groups is 1. The Morgan fingerprint density at radius 2 is 1.70 bits per heavy atom. The number of hydrogen-bond acceptors (Lipinski definition) is 4. The van der Waals surface area contributed by atoms with Gasteiger partial charge in [-0.25, -0.2) is 0 Å². The quantitative estimate of drug-likeness (QED) is 0.378. The Hall–Kier alpha value is -2.34. The highest BCUT2D eigenvalue weighted by Crippen LogP contribution is 2.39. The van der Waals surface area contributed by atoms with Crippen molar-refractivity contribution in [1.82, 2.24) is 9.80 Å². The van der Waals surface area contributed by atoms with Crippen molar-refractivity contribution in [3.05, 3.63) is 75.3 Å². The molecule has 2 aromatic rings. The molecule has 0 saturated carbocycles. The lowest BCUT2D eigenvalue weighted by atomic mass is 9.95. The molecule has 3 rings (SSSR count). The lowest BCUT2D eigenvalue weighted by Crippen LogP contribution is -2.38. The van der Waals surface area contributed by atoms with Crippen LogP contribution in [-0.4, -0.2) is 52.8 Å². The Morgan fingerprint density at radius 3 is 2.30 bits per heavy atom. The van der Waals surface area contributed by atoms with E-state index in [2.05, 4.69) is 4.90 Å². The molecular formula is C23H24Cl2N2O3. The number of rotatable bonds is 7. The van der Waals surface area contributed by atoms with Crippen LogP contribution in [0.25, 0.3) is 5.76 Å². The number of carbonyl (C=O) groups is 2. The van der Waals surface area contributed by atoms with E-state index in [9.17, 15) is 14.7 Å². The number of ketones is 1. The average Bonchev–Trinajstić information content (AvgIpc) is 2.99. The standard InChI is InChI=1S/C23H24Cl2N2O3/c1-3-26(4-2)12-13-27-20(16-6-5-7-18(25)14-16)19(22(29)23(27)30)21(28)15-8-10-17(24)11-9-15/h5-11,14,20,28H,3-4,12-13H2,1-2H3/b21-19-. The highest BCUT2D eigenvalue weighted by Gasteiger charge is 2.46. The molecule has 2 aromatic carbocycles. The van der Waals surface area contributed by atoms with Gasteiger partial charge < -0.3 is 14.9 Å². The van der Waals surface area contributed by atoms with E-state index >= 15 is 0 Å². The number of likely N-dealkylation sites (tertiary alicyclic amines) is 1. The van der Waals surface area contributed by atoms with Gasteiger partial charge in [-0.05, 0) is 55.1 Å². The van der Waals surface area contributed by atoms with Crippen LogP contribution in [0, 0.1) is 0 Å². The normalized spacial score (nSPS) is 18.4. The predicted molar refractivity (Wildman–Crippen MR) is 120 cm³/mol. The number of Topliss-reactive ketones (excluding diaryl/α,β-unsaturated/α-hetero) is 1. The first-order valence-electron chi connectivity index (χ1n) is 9.89. The first-order chi connectivity index (χ1) is 14.4. The van der Waals surface area contributed by atoms with Crippen LogP contribution in [0.2, 0.25) is 10.0 Å². The summed E-state index contributed by atoms with van der Waals surface area (Å²) < 4.78 is 0. The van der Waals surface area contributed by atoms with Crippen molar-refractivity contribution >= 4 is 40.7 Å². The SMILES string of the molecule is CCN(CC)CCN1C(=O)C(=O)/C(=C(\O)c2ccc(Cl)cc2)C1c1cccc(Cl)c1. The van der Waals surface area contributed by atoms with Gasteiger partial charge in [0.1, 0.15) is 5.76 Å². The van der Waals surface area contributed by atoms with Gasteiger partial charge in [0.25, 0.3) is 11.7 Å². The van der Waals surface area contributed by atoms with E-state index in [1.807, 2.05) is 19.9 Å². The van der Waals surface area contributed by atoms with Crippen LogP contribution in [0.3, 0.4) is 0 Å². The molecule has 1 aliphatic rings. The van der Waals surface area contributed by atoms with E-state index in [1.165, 1.54) is 4.90 Å². The fourth-order valence-corrected chi connectivity index (χ4v) is 4.01. The number of likely N-dealkylation sites (N-methyl/N-ethyl adjacent to an activating group) is 1. The number of amides is 1. The molecule has 158 valence electrons. The van der Waals surface area contributed by atoms with Gasteiger partial charge >= 0.3 is 0 Å². The topological polar surface area (TPSA) is 60.9 Å². The van der Waals surface area contributed by atoms with Crippen molar-refractivity contribution in [2.24, 2.45) is 0 Å². The molecule has 1 heterocycles. The van der Waals surface area contributed by atoms with Gasteiger partial charge in [-0.2, -0.15) is 0 Å². The second-order valence-corrected chi connectivity index (χ2v) is 7.95. The molecule has 0 aromatic heterocycles. The van der Waals surface area contributed by atoms with E-state index < -0.39 is 17.7 Å². The van der Waals surface area contributed by atoms with E-state index in [4.69, 9.17) is 23.2 Å². The van der Waals surface area contributed by atoms with E-state index in [0.717, 1.165) is 13.1 Å². The van der Waals surface area contributed by atoms with Gasteiger partial charge in [-0.1, -0.05) is 49.2 Å². The van der Waals surface area contributed by atoms with Gasteiger partial charge in [0.15, 0.2) is 0 Å². The molecule has 1 aliphatic heterocycles. The third-order valence-electron chi connectivity index (χ3n) is 5.37. The zero-order valence-corrected chi connectivity index (χ0v) is 18.5. The zero-order chi connectivity index (χ0) is 21.8. The largest absolute Gasteiger partial charge is 0.507 e. The highest BCUT2D eigenvalue weighted by atomic mass is 35.5. The minimum atomic E-state index is -0.713. The Bertz CT molecular complexity index is 969. The lowest BCUT2D eigenvalue weighted by Gasteiger charge is -2.28. The van der Waals surface area contributed by atoms with Crippen LogP contribution in [0.5, 0.6) is 0 Å². The summed E-state index contributed by atoms with van der Waals surface area (Å²) in [6.45, 7) is 6.76. The molecule has 0 bridgehead atoms. The van der Waals surface area contributed by atoms with Crippen molar-refractivity contribution in [2.45, 2.75) is 19.9 Å². The van der Waals surface area contributed by atoms with E-state index in [0.29, 0.717) is 34.3 Å². The second-order valence-electron chi connectivity index (χ2n) is 7.08. The first-order valence-corrected chi connectivity index (χ1v) is 10.6. The molecule has 1 fully saturated rings. The number of carbonyl (C=O) groups excluding carboxylic acids is 2. The fraction of sp³-hybridized carbons (Fsp3) is 0.304. The molecule has 1 amide bonds. The molecule has 30 heavy (non-hydrogen) atoms. The van der Waals surface area contributed by atoms with Crippen LogP contribution >= 0.6 is 23.2 Å². The molecule has 1 atom stereocenters. The van der Waals surface area contributed by atoms with Gasteiger partial charge in [0, 0.05) is 28.7 Å². The summed E-state index contributed by atoms with van der Waals surface area (Å²) in [6.07, 6.45) is 0. The molecular weight excluding hydrogens is 423 g/mol. The maximum absolute atomic E-state index is 13.0. The van der Waals surface area contributed by atoms with Crippen LogP contribution < -0.4 is 0 Å². The number of nitrogens with zero attached hydrogens (tertiary/aromatic N) is 2. The van der Waals surface area contributed by atoms with Gasteiger partial charge in [-0.3, -0.25) is 9.59 Å². The molecule has 0 spiro atoms. The molecule has 1 saturated heterocycles. The predicted octanol–water partition coefficient (Wildman–Crippen LogP) is 4.76. The first kappa shape index (κ1) is 22.3. The molecule has 0 aliphatic carbocycles. The van der Waals surface area contributed by atoms with Crippen molar-refractivity contribution in [1.29, 1.82) is 0 Å². The monoisotopic (exact) mass is 446 g/mol. The summed E-state index contributed by atoms with van der Waals surface area (Å²) in [5, 5.41) is 12.0. The number of aliphatic hydroxyl groups excluding tert-OH is 1. The Morgan fingerprint density at radius 1 is 1.03 bits per heavy atom. The summed E-state index contributed by atoms with van der Waals surface area (Å²) in [4.78, 5) is 29.6. The summed E-state index contributed by atoms with van der Waals surface area (Å²) in [5.74, 6) is -1.55. The fourth-order valence-electron chi connectivity index (χ4n) is 3.69. The Balaban J connectivity index is 2.09. The van der Waals surface area contributed by atoms with Crippen LogP contribution in [0.15, 0.2) is 54.1 Å². The molecule has 1 unspecified atom stereocenters. The lowest BCUT2D eigenvalue weighted by molar-refractivity contribution is -0.140. The second kappa shape index (κ2) is 9.65. The van der Waals surface area contributed by atoms with Crippen LogP contribution in [0.1, 0.15) is 31.0 Å². The summed E-state index contributed by atoms with van der Waals surface area (Å²) >= 11 is 12.1. The Kier molecular flexibility index (Phi) is 7.19. The minimum Gasteiger partial charge on any atom is -0.507 e.